The third-order valence-electron chi connectivity index (χ3n) is 4.10. The molecular formula is C18H20N2O3S2. The molecule has 0 unspecified atom stereocenters. The van der Waals surface area contributed by atoms with Crippen LogP contribution in [-0.2, 0) is 27.7 Å². The van der Waals surface area contributed by atoms with Crippen LogP contribution in [0.4, 0.5) is 0 Å². The summed E-state index contributed by atoms with van der Waals surface area (Å²) in [5, 5.41) is 0. The number of carbonyl (C=O) groups excluding carboxylic acids is 1. The van der Waals surface area contributed by atoms with E-state index in [9.17, 15) is 13.2 Å². The van der Waals surface area contributed by atoms with E-state index in [4.69, 9.17) is 0 Å². The molecule has 5 nitrogen and oxygen atoms in total. The largest absolute Gasteiger partial charge is 0.277 e. The Balaban J connectivity index is 1.54. The maximum atomic E-state index is 12.3. The second-order valence-electron chi connectivity index (χ2n) is 6.04. The molecule has 1 aliphatic rings. The van der Waals surface area contributed by atoms with E-state index in [-0.39, 0.29) is 10.6 Å². The van der Waals surface area contributed by atoms with Crippen LogP contribution in [0.1, 0.15) is 23.1 Å². The van der Waals surface area contributed by atoms with Gasteiger partial charge >= 0.3 is 0 Å². The van der Waals surface area contributed by atoms with Crippen LogP contribution in [0.5, 0.6) is 0 Å². The van der Waals surface area contributed by atoms with Crippen molar-refractivity contribution in [3.8, 4) is 0 Å². The number of hydrazine groups is 1. The monoisotopic (exact) mass is 376 g/mol. The SMILES string of the molecule is Cc1ccc(SCC(=O)NNS(=O)(=O)c2ccc3c(c2)CCC3)cc1. The highest BCUT2D eigenvalue weighted by Crippen LogP contribution is 2.24. The molecule has 2 aromatic carbocycles. The highest BCUT2D eigenvalue weighted by atomic mass is 32.2. The van der Waals surface area contributed by atoms with Crippen LogP contribution in [-0.4, -0.2) is 20.1 Å². The molecule has 7 heteroatoms. The van der Waals surface area contributed by atoms with Gasteiger partial charge in [-0.3, -0.25) is 10.2 Å². The first-order valence-corrected chi connectivity index (χ1v) is 10.5. The van der Waals surface area contributed by atoms with Crippen molar-refractivity contribution in [3.05, 3.63) is 59.2 Å². The first-order chi connectivity index (χ1) is 11.9. The van der Waals surface area contributed by atoms with Gasteiger partial charge in [0, 0.05) is 4.90 Å². The zero-order valence-corrected chi connectivity index (χ0v) is 15.5. The number of fused-ring (bicyclic) bond motifs is 1. The molecule has 2 N–H and O–H groups in total. The molecular weight excluding hydrogens is 356 g/mol. The Labute approximate surface area is 152 Å². The van der Waals surface area contributed by atoms with Gasteiger partial charge in [0.2, 0.25) is 5.91 Å². The lowest BCUT2D eigenvalue weighted by atomic mass is 10.1. The lowest BCUT2D eigenvalue weighted by Gasteiger charge is -2.10. The lowest BCUT2D eigenvalue weighted by molar-refractivity contribution is -0.119. The van der Waals surface area contributed by atoms with Crippen molar-refractivity contribution in [2.75, 3.05) is 5.75 Å². The minimum absolute atomic E-state index is 0.135. The number of carbonyl (C=O) groups is 1. The quantitative estimate of drug-likeness (QED) is 0.600. The standard InChI is InChI=1S/C18H20N2O3S2/c1-13-5-8-16(9-6-13)24-12-18(21)19-20-25(22,23)17-10-7-14-3-2-4-15(14)11-17/h5-11,20H,2-4,12H2,1H3,(H,19,21). The zero-order chi connectivity index (χ0) is 17.9. The average molecular weight is 377 g/mol. The molecule has 132 valence electrons. The Bertz CT molecular complexity index is 878. The minimum atomic E-state index is -3.76. The van der Waals surface area contributed by atoms with E-state index >= 15 is 0 Å². The summed E-state index contributed by atoms with van der Waals surface area (Å²) in [4.78, 5) is 15.2. The van der Waals surface area contributed by atoms with Gasteiger partial charge < -0.3 is 0 Å². The molecule has 1 amide bonds. The predicted molar refractivity (Wildman–Crippen MR) is 98.8 cm³/mol. The third kappa shape index (κ3) is 4.62. The molecule has 1 aliphatic carbocycles. The maximum absolute atomic E-state index is 12.3. The summed E-state index contributed by atoms with van der Waals surface area (Å²) in [6.45, 7) is 1.99. The van der Waals surface area contributed by atoms with E-state index in [0.717, 1.165) is 35.3 Å². The molecule has 0 heterocycles. The molecule has 0 aliphatic heterocycles. The molecule has 0 bridgehead atoms. The van der Waals surface area contributed by atoms with Crippen molar-refractivity contribution in [2.24, 2.45) is 0 Å². The van der Waals surface area contributed by atoms with Gasteiger partial charge in [0.1, 0.15) is 0 Å². The smallest absolute Gasteiger partial charge is 0.257 e. The molecule has 0 atom stereocenters. The number of hydrogen-bond donors (Lipinski definition) is 2. The van der Waals surface area contributed by atoms with Crippen molar-refractivity contribution in [1.82, 2.24) is 10.3 Å². The Hall–Kier alpha value is -1.83. The van der Waals surface area contributed by atoms with Crippen LogP contribution in [0.3, 0.4) is 0 Å². The van der Waals surface area contributed by atoms with E-state index in [1.165, 1.54) is 17.3 Å². The fourth-order valence-corrected chi connectivity index (χ4v) is 4.33. The fourth-order valence-electron chi connectivity index (χ4n) is 2.72. The van der Waals surface area contributed by atoms with Gasteiger partial charge in [-0.25, -0.2) is 8.42 Å². The molecule has 3 rings (SSSR count). The van der Waals surface area contributed by atoms with Crippen LogP contribution in [0.25, 0.3) is 0 Å². The summed E-state index contributed by atoms with van der Waals surface area (Å²) in [5.74, 6) is -0.259. The Morgan fingerprint density at radius 1 is 1.08 bits per heavy atom. The first kappa shape index (κ1) is 18.0. The number of amides is 1. The Morgan fingerprint density at radius 3 is 2.56 bits per heavy atom. The van der Waals surface area contributed by atoms with Crippen LogP contribution in [0.2, 0.25) is 0 Å². The number of benzene rings is 2. The topological polar surface area (TPSA) is 75.3 Å². The van der Waals surface area contributed by atoms with Crippen LogP contribution in [0.15, 0.2) is 52.3 Å². The molecule has 0 saturated carbocycles. The third-order valence-corrected chi connectivity index (χ3v) is 6.35. The molecule has 0 aromatic heterocycles. The summed E-state index contributed by atoms with van der Waals surface area (Å²) < 4.78 is 24.6. The van der Waals surface area contributed by atoms with E-state index < -0.39 is 15.9 Å². The van der Waals surface area contributed by atoms with Crippen LogP contribution < -0.4 is 10.3 Å². The van der Waals surface area contributed by atoms with Gasteiger partial charge in [0.25, 0.3) is 10.0 Å². The number of sulfonamides is 1. The van der Waals surface area contributed by atoms with Crippen molar-refractivity contribution < 1.29 is 13.2 Å². The van der Waals surface area contributed by atoms with E-state index in [1.54, 1.807) is 12.1 Å². The lowest BCUT2D eigenvalue weighted by Crippen LogP contribution is -2.42. The fraction of sp³-hybridized carbons (Fsp3) is 0.278. The maximum Gasteiger partial charge on any atom is 0.257 e. The van der Waals surface area contributed by atoms with Crippen molar-refractivity contribution in [2.45, 2.75) is 36.0 Å². The van der Waals surface area contributed by atoms with Gasteiger partial charge in [-0.05, 0) is 61.6 Å². The van der Waals surface area contributed by atoms with Crippen molar-refractivity contribution in [1.29, 1.82) is 0 Å². The summed E-state index contributed by atoms with van der Waals surface area (Å²) >= 11 is 1.35. The molecule has 2 aromatic rings. The van der Waals surface area contributed by atoms with Gasteiger partial charge in [-0.1, -0.05) is 23.8 Å². The number of thioether (sulfide) groups is 1. The van der Waals surface area contributed by atoms with Crippen molar-refractivity contribution in [3.63, 3.8) is 0 Å². The van der Waals surface area contributed by atoms with Crippen LogP contribution >= 0.6 is 11.8 Å². The zero-order valence-electron chi connectivity index (χ0n) is 13.9. The second kappa shape index (κ2) is 7.59. The number of nitrogens with one attached hydrogen (secondary N) is 2. The first-order valence-electron chi connectivity index (χ1n) is 8.06. The van der Waals surface area contributed by atoms with Gasteiger partial charge in [-0.15, -0.1) is 16.6 Å². The number of hydrogen-bond acceptors (Lipinski definition) is 4. The molecule has 0 saturated heterocycles. The van der Waals surface area contributed by atoms with E-state index in [0.29, 0.717) is 0 Å². The normalized spacial score (nSPS) is 13.5. The minimum Gasteiger partial charge on any atom is -0.277 e. The summed E-state index contributed by atoms with van der Waals surface area (Å²) in [6, 6.07) is 12.9. The summed E-state index contributed by atoms with van der Waals surface area (Å²) in [7, 11) is -3.76. The molecule has 25 heavy (non-hydrogen) atoms. The number of rotatable bonds is 6. The number of aryl methyl sites for hydroxylation is 3. The van der Waals surface area contributed by atoms with Gasteiger partial charge in [-0.2, -0.15) is 0 Å². The summed E-state index contributed by atoms with van der Waals surface area (Å²) in [6.07, 6.45) is 2.95. The molecule has 0 fully saturated rings. The van der Waals surface area contributed by atoms with Gasteiger partial charge in [0.05, 0.1) is 10.6 Å². The second-order valence-corrected chi connectivity index (χ2v) is 8.77. The van der Waals surface area contributed by atoms with Crippen molar-refractivity contribution >= 4 is 27.7 Å². The molecule has 0 spiro atoms. The van der Waals surface area contributed by atoms with Crippen LogP contribution in [0, 0.1) is 6.92 Å². The molecule has 0 radical (unpaired) electrons. The highest BCUT2D eigenvalue weighted by molar-refractivity contribution is 8.00. The summed E-state index contributed by atoms with van der Waals surface area (Å²) in [5.41, 5.74) is 5.70. The van der Waals surface area contributed by atoms with Gasteiger partial charge in [0.15, 0.2) is 0 Å². The van der Waals surface area contributed by atoms with E-state index in [2.05, 4.69) is 10.3 Å². The highest BCUT2D eigenvalue weighted by Gasteiger charge is 2.19. The predicted octanol–water partition coefficient (Wildman–Crippen LogP) is 2.59. The Morgan fingerprint density at radius 2 is 1.80 bits per heavy atom. The Kier molecular flexibility index (Phi) is 5.46. The van der Waals surface area contributed by atoms with E-state index in [1.807, 2.05) is 37.3 Å². The average Bonchev–Trinajstić information content (AvgIpc) is 3.07.